The van der Waals surface area contributed by atoms with Crippen LogP contribution >= 0.6 is 0 Å². The molecule has 0 heterocycles. The lowest BCUT2D eigenvalue weighted by atomic mass is 9.86. The van der Waals surface area contributed by atoms with Crippen LogP contribution in [-0.2, 0) is 0 Å². The SMILES string of the molecule is CC1=CC(C)=C(C)C1c1ccccc1C=NNc1ccc2ccccc2c1. The first-order valence-corrected chi connectivity index (χ1v) is 9.36. The molecule has 0 aliphatic heterocycles. The lowest BCUT2D eigenvalue weighted by Gasteiger charge is -2.18. The molecular weight excluding hydrogens is 328 g/mol. The molecule has 0 aromatic heterocycles. The average Bonchev–Trinajstić information content (AvgIpc) is 2.94. The number of nitrogens with zero attached hydrogens (tertiary/aromatic N) is 1. The molecule has 1 atom stereocenters. The van der Waals surface area contributed by atoms with E-state index in [1.54, 1.807) is 0 Å². The molecule has 1 aliphatic carbocycles. The van der Waals surface area contributed by atoms with Gasteiger partial charge in [-0.2, -0.15) is 5.10 Å². The molecular formula is C25H24N2. The van der Waals surface area contributed by atoms with Gasteiger partial charge in [-0.05, 0) is 54.8 Å². The number of anilines is 1. The number of nitrogens with one attached hydrogen (secondary N) is 1. The Kier molecular flexibility index (Phi) is 4.64. The van der Waals surface area contributed by atoms with E-state index < -0.39 is 0 Å². The van der Waals surface area contributed by atoms with Crippen molar-refractivity contribution in [3.63, 3.8) is 0 Å². The molecule has 0 spiro atoms. The van der Waals surface area contributed by atoms with E-state index in [-0.39, 0.29) is 0 Å². The highest BCUT2D eigenvalue weighted by Gasteiger charge is 2.23. The number of fused-ring (bicyclic) bond motifs is 1. The molecule has 0 bridgehead atoms. The van der Waals surface area contributed by atoms with Gasteiger partial charge in [-0.25, -0.2) is 0 Å². The van der Waals surface area contributed by atoms with Crippen LogP contribution in [0.2, 0.25) is 0 Å². The van der Waals surface area contributed by atoms with Crippen molar-refractivity contribution in [2.24, 2.45) is 5.10 Å². The molecule has 4 rings (SSSR count). The summed E-state index contributed by atoms with van der Waals surface area (Å²) in [5.41, 5.74) is 10.8. The maximum Gasteiger partial charge on any atom is 0.0568 e. The van der Waals surface area contributed by atoms with Crippen LogP contribution in [0.1, 0.15) is 37.8 Å². The van der Waals surface area contributed by atoms with Crippen molar-refractivity contribution in [2.45, 2.75) is 26.7 Å². The van der Waals surface area contributed by atoms with E-state index in [9.17, 15) is 0 Å². The number of hydrazone groups is 1. The highest BCUT2D eigenvalue weighted by atomic mass is 15.3. The molecule has 0 saturated heterocycles. The van der Waals surface area contributed by atoms with Gasteiger partial charge in [0, 0.05) is 5.92 Å². The minimum absolute atomic E-state index is 0.355. The molecule has 2 nitrogen and oxygen atoms in total. The van der Waals surface area contributed by atoms with Crippen LogP contribution in [0.4, 0.5) is 5.69 Å². The molecule has 0 radical (unpaired) electrons. The quantitative estimate of drug-likeness (QED) is 0.412. The molecule has 1 N–H and O–H groups in total. The second kappa shape index (κ2) is 7.24. The van der Waals surface area contributed by atoms with Gasteiger partial charge in [0.2, 0.25) is 0 Å². The summed E-state index contributed by atoms with van der Waals surface area (Å²) in [6, 6.07) is 23.2. The largest absolute Gasteiger partial charge is 0.278 e. The molecule has 3 aromatic rings. The van der Waals surface area contributed by atoms with E-state index in [1.807, 2.05) is 6.21 Å². The molecule has 27 heavy (non-hydrogen) atoms. The minimum Gasteiger partial charge on any atom is -0.278 e. The first-order chi connectivity index (χ1) is 13.1. The third kappa shape index (κ3) is 3.43. The second-order valence-electron chi connectivity index (χ2n) is 7.25. The number of benzene rings is 3. The summed E-state index contributed by atoms with van der Waals surface area (Å²) in [5, 5.41) is 6.95. The van der Waals surface area contributed by atoms with Gasteiger partial charge in [0.05, 0.1) is 11.9 Å². The predicted molar refractivity (Wildman–Crippen MR) is 116 cm³/mol. The molecule has 1 aliphatic rings. The van der Waals surface area contributed by atoms with Crippen LogP contribution < -0.4 is 5.43 Å². The minimum atomic E-state index is 0.355. The number of hydrogen-bond acceptors (Lipinski definition) is 2. The third-order valence-corrected chi connectivity index (χ3v) is 5.41. The Bertz CT molecular complexity index is 1090. The smallest absolute Gasteiger partial charge is 0.0568 e. The second-order valence-corrected chi connectivity index (χ2v) is 7.25. The van der Waals surface area contributed by atoms with Crippen LogP contribution in [0.25, 0.3) is 10.8 Å². The van der Waals surface area contributed by atoms with Crippen LogP contribution in [0.3, 0.4) is 0 Å². The standard InChI is InChI=1S/C25H24N2/c1-17-14-18(2)25(19(17)3)24-11-7-6-10-22(24)16-26-27-23-13-12-20-8-4-5-9-21(20)15-23/h4-16,25,27H,1-3H3. The number of allylic oxidation sites excluding steroid dienone is 4. The van der Waals surface area contributed by atoms with Gasteiger partial charge < -0.3 is 0 Å². The number of hydrogen-bond donors (Lipinski definition) is 1. The fourth-order valence-corrected chi connectivity index (χ4v) is 3.91. The van der Waals surface area contributed by atoms with Gasteiger partial charge in [-0.3, -0.25) is 5.43 Å². The normalized spacial score (nSPS) is 17.0. The van der Waals surface area contributed by atoms with Crippen molar-refractivity contribution in [1.82, 2.24) is 0 Å². The fourth-order valence-electron chi connectivity index (χ4n) is 3.91. The Morgan fingerprint density at radius 1 is 0.852 bits per heavy atom. The van der Waals surface area contributed by atoms with Crippen molar-refractivity contribution in [3.05, 3.63) is 101 Å². The average molecular weight is 352 g/mol. The van der Waals surface area contributed by atoms with Crippen LogP contribution in [0, 0.1) is 0 Å². The topological polar surface area (TPSA) is 24.4 Å². The summed E-state index contributed by atoms with van der Waals surface area (Å²) in [4.78, 5) is 0. The van der Waals surface area contributed by atoms with E-state index in [0.717, 1.165) is 11.3 Å². The third-order valence-electron chi connectivity index (χ3n) is 5.41. The summed E-state index contributed by atoms with van der Waals surface area (Å²) in [6.07, 6.45) is 4.22. The van der Waals surface area contributed by atoms with Crippen LogP contribution in [0.5, 0.6) is 0 Å². The van der Waals surface area contributed by atoms with Gasteiger partial charge in [0.25, 0.3) is 0 Å². The summed E-state index contributed by atoms with van der Waals surface area (Å²) >= 11 is 0. The van der Waals surface area contributed by atoms with E-state index in [4.69, 9.17) is 0 Å². The summed E-state index contributed by atoms with van der Waals surface area (Å²) in [6.45, 7) is 6.64. The zero-order valence-corrected chi connectivity index (χ0v) is 16.0. The Balaban J connectivity index is 1.59. The highest BCUT2D eigenvalue weighted by Crippen LogP contribution is 2.40. The monoisotopic (exact) mass is 352 g/mol. The summed E-state index contributed by atoms with van der Waals surface area (Å²) < 4.78 is 0. The Morgan fingerprint density at radius 3 is 2.37 bits per heavy atom. The maximum atomic E-state index is 4.51. The molecule has 3 aromatic carbocycles. The Hall–Kier alpha value is -3.13. The van der Waals surface area contributed by atoms with Crippen LogP contribution in [-0.4, -0.2) is 6.21 Å². The van der Waals surface area contributed by atoms with E-state index in [1.165, 1.54) is 33.1 Å². The van der Waals surface area contributed by atoms with Gasteiger partial charge in [-0.1, -0.05) is 77.4 Å². The van der Waals surface area contributed by atoms with Crippen molar-refractivity contribution in [3.8, 4) is 0 Å². The van der Waals surface area contributed by atoms with Crippen LogP contribution in [0.15, 0.2) is 94.6 Å². The molecule has 134 valence electrons. The van der Waals surface area contributed by atoms with Crippen molar-refractivity contribution in [1.29, 1.82) is 0 Å². The van der Waals surface area contributed by atoms with Gasteiger partial charge in [-0.15, -0.1) is 0 Å². The molecule has 1 unspecified atom stereocenters. The Labute approximate surface area is 160 Å². The van der Waals surface area contributed by atoms with Gasteiger partial charge in [0.1, 0.15) is 0 Å². The maximum absolute atomic E-state index is 4.51. The zero-order chi connectivity index (χ0) is 18.8. The van der Waals surface area contributed by atoms with E-state index in [0.29, 0.717) is 5.92 Å². The summed E-state index contributed by atoms with van der Waals surface area (Å²) in [5.74, 6) is 0.355. The van der Waals surface area contributed by atoms with Crippen molar-refractivity contribution in [2.75, 3.05) is 5.43 Å². The van der Waals surface area contributed by atoms with Gasteiger partial charge >= 0.3 is 0 Å². The molecule has 0 amide bonds. The van der Waals surface area contributed by atoms with Gasteiger partial charge in [0.15, 0.2) is 0 Å². The number of rotatable bonds is 4. The summed E-state index contributed by atoms with van der Waals surface area (Å²) in [7, 11) is 0. The van der Waals surface area contributed by atoms with Crippen molar-refractivity contribution >= 4 is 22.7 Å². The fraction of sp³-hybridized carbons (Fsp3) is 0.160. The molecule has 0 fully saturated rings. The Morgan fingerprint density at radius 2 is 1.59 bits per heavy atom. The molecule has 2 heteroatoms. The first-order valence-electron chi connectivity index (χ1n) is 9.36. The highest BCUT2D eigenvalue weighted by molar-refractivity contribution is 5.86. The van der Waals surface area contributed by atoms with E-state index in [2.05, 4.69) is 104 Å². The lowest BCUT2D eigenvalue weighted by molar-refractivity contribution is 0.936. The van der Waals surface area contributed by atoms with E-state index >= 15 is 0 Å². The predicted octanol–water partition coefficient (Wildman–Crippen LogP) is 6.67. The van der Waals surface area contributed by atoms with Crippen molar-refractivity contribution < 1.29 is 0 Å². The lowest BCUT2D eigenvalue weighted by Crippen LogP contribution is -2.04. The first kappa shape index (κ1) is 17.3. The zero-order valence-electron chi connectivity index (χ0n) is 16.0. The molecule has 0 saturated carbocycles.